The lowest BCUT2D eigenvalue weighted by molar-refractivity contribution is -0.123. The van der Waals surface area contributed by atoms with Gasteiger partial charge in [-0.25, -0.2) is 4.79 Å². The Morgan fingerprint density at radius 1 is 0.868 bits per heavy atom. The number of ether oxygens (including phenoxy) is 3. The van der Waals surface area contributed by atoms with E-state index in [1.165, 1.54) is 0 Å². The minimum absolute atomic E-state index is 0.114. The summed E-state index contributed by atoms with van der Waals surface area (Å²) in [6.45, 7) is 0.256. The summed E-state index contributed by atoms with van der Waals surface area (Å²) < 4.78 is 16.5. The molecule has 0 spiro atoms. The Balaban J connectivity index is 1.21. The van der Waals surface area contributed by atoms with Crippen molar-refractivity contribution in [1.29, 1.82) is 0 Å². The fourth-order valence-corrected chi connectivity index (χ4v) is 4.89. The van der Waals surface area contributed by atoms with Gasteiger partial charge >= 0.3 is 5.97 Å². The number of hydrogen-bond donors (Lipinski definition) is 0. The highest BCUT2D eigenvalue weighted by Crippen LogP contribution is 2.33. The molecule has 5 rings (SSSR count). The maximum atomic E-state index is 12.8. The highest BCUT2D eigenvalue weighted by molar-refractivity contribution is 8.18. The molecular weight excluding hydrogens is 502 g/mol. The largest absolute Gasteiger partial charge is 0.493 e. The predicted molar refractivity (Wildman–Crippen MR) is 147 cm³/mol. The first kappa shape index (κ1) is 25.1. The first-order valence-corrected chi connectivity index (χ1v) is 12.7. The minimum Gasteiger partial charge on any atom is -0.493 e. The Kier molecular flexibility index (Phi) is 7.42. The summed E-state index contributed by atoms with van der Waals surface area (Å²) in [5.41, 5.74) is 1.18. The third kappa shape index (κ3) is 5.40. The van der Waals surface area contributed by atoms with Crippen molar-refractivity contribution in [2.24, 2.45) is 0 Å². The number of carbonyl (C=O) groups excluding carboxylic acids is 3. The van der Waals surface area contributed by atoms with Crippen molar-refractivity contribution in [3.8, 4) is 17.2 Å². The Labute approximate surface area is 223 Å². The Hall–Kier alpha value is -4.56. The molecule has 2 amide bonds. The van der Waals surface area contributed by atoms with Crippen LogP contribution in [-0.4, -0.2) is 42.3 Å². The van der Waals surface area contributed by atoms with E-state index < -0.39 is 5.97 Å². The monoisotopic (exact) mass is 525 g/mol. The van der Waals surface area contributed by atoms with Crippen LogP contribution in [0.15, 0.2) is 95.9 Å². The lowest BCUT2D eigenvalue weighted by Crippen LogP contribution is -2.32. The smallest absolute Gasteiger partial charge is 0.344 e. The third-order valence-corrected chi connectivity index (χ3v) is 6.82. The number of imide groups is 1. The molecule has 0 radical (unpaired) electrons. The molecule has 0 aromatic heterocycles. The number of esters is 1. The average molecular weight is 526 g/mol. The molecule has 0 unspecified atom stereocenters. The molecule has 0 saturated carbocycles. The maximum absolute atomic E-state index is 12.8. The zero-order valence-corrected chi connectivity index (χ0v) is 21.3. The Bertz CT molecular complexity index is 1540. The van der Waals surface area contributed by atoms with Crippen LogP contribution in [0.2, 0.25) is 0 Å². The second-order valence-corrected chi connectivity index (χ2v) is 9.31. The molecule has 8 heteroatoms. The number of carbonyl (C=O) groups is 3. The van der Waals surface area contributed by atoms with Gasteiger partial charge < -0.3 is 14.2 Å². The number of fused-ring (bicyclic) bond motifs is 1. The number of amides is 2. The Morgan fingerprint density at radius 3 is 2.37 bits per heavy atom. The van der Waals surface area contributed by atoms with Crippen LogP contribution < -0.4 is 14.2 Å². The predicted octanol–water partition coefficient (Wildman–Crippen LogP) is 6.18. The highest BCUT2D eigenvalue weighted by atomic mass is 32.2. The van der Waals surface area contributed by atoms with E-state index in [-0.39, 0.29) is 24.3 Å². The Morgan fingerprint density at radius 2 is 1.58 bits per heavy atom. The number of hydrogen-bond acceptors (Lipinski definition) is 7. The van der Waals surface area contributed by atoms with Crippen LogP contribution in [0.3, 0.4) is 0 Å². The molecule has 1 heterocycles. The molecule has 1 saturated heterocycles. The summed E-state index contributed by atoms with van der Waals surface area (Å²) in [4.78, 5) is 39.5. The summed E-state index contributed by atoms with van der Waals surface area (Å²) in [5, 5.41) is 1.42. The number of nitrogens with zero attached hydrogens (tertiary/aromatic N) is 1. The van der Waals surface area contributed by atoms with Crippen LogP contribution >= 0.6 is 11.8 Å². The van der Waals surface area contributed by atoms with Crippen molar-refractivity contribution < 1.29 is 28.6 Å². The van der Waals surface area contributed by atoms with Gasteiger partial charge in [0.05, 0.1) is 24.1 Å². The number of benzene rings is 4. The van der Waals surface area contributed by atoms with Crippen LogP contribution in [0, 0.1) is 0 Å². The van der Waals surface area contributed by atoms with Gasteiger partial charge in [0.25, 0.3) is 11.1 Å². The molecule has 1 fully saturated rings. The number of thioether (sulfide) groups is 1. The maximum Gasteiger partial charge on any atom is 0.344 e. The van der Waals surface area contributed by atoms with Gasteiger partial charge in [-0.15, -0.1) is 0 Å². The number of para-hydroxylation sites is 2. The van der Waals surface area contributed by atoms with E-state index in [0.29, 0.717) is 33.3 Å². The molecule has 4 aromatic rings. The fourth-order valence-electron chi connectivity index (χ4n) is 4.03. The van der Waals surface area contributed by atoms with Crippen molar-refractivity contribution in [2.75, 3.05) is 20.3 Å². The van der Waals surface area contributed by atoms with Crippen molar-refractivity contribution >= 4 is 45.7 Å². The zero-order chi connectivity index (χ0) is 26.5. The van der Waals surface area contributed by atoms with E-state index in [4.69, 9.17) is 14.2 Å². The number of rotatable bonds is 8. The van der Waals surface area contributed by atoms with Crippen LogP contribution in [0.1, 0.15) is 15.9 Å². The van der Waals surface area contributed by atoms with Gasteiger partial charge in [-0.1, -0.05) is 60.7 Å². The van der Waals surface area contributed by atoms with Crippen LogP contribution in [0.4, 0.5) is 4.79 Å². The lowest BCUT2D eigenvalue weighted by Gasteiger charge is -2.14. The zero-order valence-electron chi connectivity index (χ0n) is 20.5. The topological polar surface area (TPSA) is 82.1 Å². The lowest BCUT2D eigenvalue weighted by atomic mass is 10.0. The SMILES string of the molecule is COc1ccccc1OCCN1C(=O)S/C(=C\c2ccc(OC(=O)c3cccc4ccccc34)cc2)C1=O. The van der Waals surface area contributed by atoms with Crippen molar-refractivity contribution in [3.05, 3.63) is 107 Å². The fraction of sp³-hybridized carbons (Fsp3) is 0.100. The second kappa shape index (κ2) is 11.2. The summed E-state index contributed by atoms with van der Waals surface area (Å²) in [6, 6.07) is 27.0. The third-order valence-electron chi connectivity index (χ3n) is 5.91. The number of methoxy groups -OCH3 is 1. The molecule has 190 valence electrons. The molecule has 0 aliphatic carbocycles. The van der Waals surface area contributed by atoms with Gasteiger partial charge in [-0.2, -0.15) is 0 Å². The molecule has 1 aliphatic heterocycles. The molecule has 1 aliphatic rings. The minimum atomic E-state index is -0.453. The average Bonchev–Trinajstić information content (AvgIpc) is 3.21. The summed E-state index contributed by atoms with van der Waals surface area (Å²) in [7, 11) is 1.55. The van der Waals surface area contributed by atoms with E-state index in [1.54, 1.807) is 55.7 Å². The van der Waals surface area contributed by atoms with Crippen molar-refractivity contribution in [2.45, 2.75) is 0 Å². The quantitative estimate of drug-likeness (QED) is 0.154. The van der Waals surface area contributed by atoms with E-state index in [9.17, 15) is 14.4 Å². The van der Waals surface area contributed by atoms with Gasteiger partial charge in [0.2, 0.25) is 0 Å². The molecule has 7 nitrogen and oxygen atoms in total. The van der Waals surface area contributed by atoms with Crippen molar-refractivity contribution in [3.63, 3.8) is 0 Å². The van der Waals surface area contributed by atoms with Gasteiger partial charge in [0.15, 0.2) is 11.5 Å². The van der Waals surface area contributed by atoms with Crippen molar-refractivity contribution in [1.82, 2.24) is 4.90 Å². The molecular formula is C30H23NO6S. The molecule has 4 aromatic carbocycles. The van der Waals surface area contributed by atoms with Gasteiger partial charge in [0.1, 0.15) is 12.4 Å². The van der Waals surface area contributed by atoms with Crippen LogP contribution in [0.5, 0.6) is 17.2 Å². The highest BCUT2D eigenvalue weighted by Gasteiger charge is 2.34. The van der Waals surface area contributed by atoms with E-state index in [1.807, 2.05) is 48.5 Å². The standard InChI is InChI=1S/C30H23NO6S/c1-35-25-11-4-5-12-26(25)36-18-17-31-28(32)27(38-30(31)34)19-20-13-15-22(16-14-20)37-29(33)24-10-6-8-21-7-2-3-9-23(21)24/h2-16,19H,17-18H2,1H3/b27-19-. The first-order valence-electron chi connectivity index (χ1n) is 11.8. The summed E-state index contributed by atoms with van der Waals surface area (Å²) >= 11 is 0.877. The molecule has 0 N–H and O–H groups in total. The molecule has 38 heavy (non-hydrogen) atoms. The van der Waals surface area contributed by atoms with E-state index in [0.717, 1.165) is 27.4 Å². The summed E-state index contributed by atoms with van der Waals surface area (Å²) in [5.74, 6) is 0.661. The normalized spacial score (nSPS) is 14.2. The van der Waals surface area contributed by atoms with E-state index in [2.05, 4.69) is 0 Å². The van der Waals surface area contributed by atoms with Crippen LogP contribution in [0.25, 0.3) is 16.8 Å². The molecule has 0 atom stereocenters. The van der Waals surface area contributed by atoms with Crippen LogP contribution in [-0.2, 0) is 4.79 Å². The van der Waals surface area contributed by atoms with E-state index >= 15 is 0 Å². The summed E-state index contributed by atoms with van der Waals surface area (Å²) in [6.07, 6.45) is 1.64. The van der Waals surface area contributed by atoms with Gasteiger partial charge in [-0.05, 0) is 64.5 Å². The molecule has 0 bridgehead atoms. The van der Waals surface area contributed by atoms with Gasteiger partial charge in [0, 0.05) is 0 Å². The van der Waals surface area contributed by atoms with Gasteiger partial charge in [-0.3, -0.25) is 14.5 Å². The first-order chi connectivity index (χ1) is 18.5. The second-order valence-electron chi connectivity index (χ2n) is 8.32.